The fourth-order valence-corrected chi connectivity index (χ4v) is 3.57. The normalized spacial score (nSPS) is 10.8. The molecule has 3 N–H and O–H groups in total. The Balaban J connectivity index is 1.98. The van der Waals surface area contributed by atoms with E-state index in [0.717, 1.165) is 10.1 Å². The van der Waals surface area contributed by atoms with Gasteiger partial charge in [-0.1, -0.05) is 53.5 Å². The molecular weight excluding hydrogens is 471 g/mol. The summed E-state index contributed by atoms with van der Waals surface area (Å²) in [5.74, 6) is -0.477. The van der Waals surface area contributed by atoms with Crippen LogP contribution in [-0.2, 0) is 22.6 Å². The Morgan fingerprint density at radius 3 is 2.55 bits per heavy atom. The Morgan fingerprint density at radius 2 is 1.88 bits per heavy atom. The van der Waals surface area contributed by atoms with Gasteiger partial charge in [0.05, 0.1) is 24.7 Å². The Kier molecular flexibility index (Phi) is 8.16. The number of aromatic nitrogens is 2. The van der Waals surface area contributed by atoms with Crippen molar-refractivity contribution in [3.63, 3.8) is 0 Å². The maximum Gasteiger partial charge on any atom is 0.330 e. The van der Waals surface area contributed by atoms with Crippen LogP contribution >= 0.6 is 23.2 Å². The molecule has 0 atom stereocenters. The van der Waals surface area contributed by atoms with Gasteiger partial charge in [-0.25, -0.2) is 4.79 Å². The number of hydrogen-bond acceptors (Lipinski definition) is 6. The number of carbonyl (C=O) groups is 1. The molecule has 2 aromatic carbocycles. The average Bonchev–Trinajstić information content (AvgIpc) is 2.78. The first kappa shape index (κ1) is 24.4. The summed E-state index contributed by atoms with van der Waals surface area (Å²) < 4.78 is 11.7. The molecular formula is C22H22Cl2N4O5. The molecule has 11 heteroatoms. The van der Waals surface area contributed by atoms with Crippen molar-refractivity contribution in [3.05, 3.63) is 85.0 Å². The van der Waals surface area contributed by atoms with E-state index in [4.69, 9.17) is 38.4 Å². The number of nitrogens with two attached hydrogens (primary N) is 1. The molecule has 0 saturated heterocycles. The van der Waals surface area contributed by atoms with E-state index >= 15 is 0 Å². The second-order valence-electron chi connectivity index (χ2n) is 6.97. The number of halogens is 2. The number of methoxy groups -OCH3 is 1. The van der Waals surface area contributed by atoms with E-state index in [-0.39, 0.29) is 42.0 Å². The average molecular weight is 493 g/mol. The number of rotatable bonds is 9. The van der Waals surface area contributed by atoms with Gasteiger partial charge < -0.3 is 15.2 Å². The molecule has 9 nitrogen and oxygen atoms in total. The van der Waals surface area contributed by atoms with Crippen LogP contribution < -0.4 is 26.6 Å². The lowest BCUT2D eigenvalue weighted by Gasteiger charge is -2.25. The maximum absolute atomic E-state index is 13.2. The van der Waals surface area contributed by atoms with Crippen molar-refractivity contribution in [3.8, 4) is 5.75 Å². The Hall–Kier alpha value is -3.27. The van der Waals surface area contributed by atoms with Gasteiger partial charge in [0, 0.05) is 12.1 Å². The predicted molar refractivity (Wildman–Crippen MR) is 127 cm³/mol. The number of aromatic amines is 1. The van der Waals surface area contributed by atoms with Gasteiger partial charge in [-0.3, -0.25) is 24.0 Å². The van der Waals surface area contributed by atoms with Crippen molar-refractivity contribution >= 4 is 40.6 Å². The van der Waals surface area contributed by atoms with Crippen molar-refractivity contribution in [1.82, 2.24) is 9.55 Å². The monoisotopic (exact) mass is 492 g/mol. The van der Waals surface area contributed by atoms with E-state index in [1.165, 1.54) is 24.1 Å². The SMILES string of the molecule is COCCn1c(N)c(N(Cc2ccccc2)C(=O)COc2ccc(Cl)cc2Cl)c(=O)[nH]c1=O. The van der Waals surface area contributed by atoms with Gasteiger partial charge in [0.15, 0.2) is 12.3 Å². The second-order valence-corrected chi connectivity index (χ2v) is 7.81. The molecule has 0 aliphatic carbocycles. The lowest BCUT2D eigenvalue weighted by molar-refractivity contribution is -0.120. The highest BCUT2D eigenvalue weighted by Gasteiger charge is 2.25. The van der Waals surface area contributed by atoms with Crippen LogP contribution in [0.4, 0.5) is 11.5 Å². The number of ether oxygens (including phenoxy) is 2. The third kappa shape index (κ3) is 5.95. The van der Waals surface area contributed by atoms with Crippen molar-refractivity contribution in [2.75, 3.05) is 31.0 Å². The first-order valence-corrected chi connectivity index (χ1v) is 10.6. The van der Waals surface area contributed by atoms with Gasteiger partial charge >= 0.3 is 5.69 Å². The summed E-state index contributed by atoms with van der Waals surface area (Å²) in [5.41, 5.74) is 5.27. The fourth-order valence-electron chi connectivity index (χ4n) is 3.11. The van der Waals surface area contributed by atoms with Gasteiger partial charge in [-0.15, -0.1) is 0 Å². The lowest BCUT2D eigenvalue weighted by atomic mass is 10.2. The molecule has 0 fully saturated rings. The van der Waals surface area contributed by atoms with Crippen molar-refractivity contribution in [2.24, 2.45) is 0 Å². The molecule has 1 amide bonds. The van der Waals surface area contributed by atoms with Crippen LogP contribution in [0, 0.1) is 0 Å². The summed E-state index contributed by atoms with van der Waals surface area (Å²) in [6.07, 6.45) is 0. The van der Waals surface area contributed by atoms with Crippen LogP contribution in [-0.4, -0.2) is 35.8 Å². The van der Waals surface area contributed by atoms with Crippen LogP contribution in [0.2, 0.25) is 10.0 Å². The minimum atomic E-state index is -0.792. The summed E-state index contributed by atoms with van der Waals surface area (Å²) >= 11 is 12.0. The largest absolute Gasteiger partial charge is 0.482 e. The van der Waals surface area contributed by atoms with Crippen LogP contribution in [0.25, 0.3) is 0 Å². The third-order valence-corrected chi connectivity index (χ3v) is 5.26. The molecule has 0 aliphatic rings. The number of hydrogen-bond donors (Lipinski definition) is 2. The topological polar surface area (TPSA) is 120 Å². The number of carbonyl (C=O) groups excluding carboxylic acids is 1. The number of nitrogen functional groups attached to an aromatic ring is 1. The van der Waals surface area contributed by atoms with Crippen molar-refractivity contribution in [1.29, 1.82) is 0 Å². The minimum absolute atomic E-state index is 0.0210. The Labute approximate surface area is 199 Å². The van der Waals surface area contributed by atoms with Crippen LogP contribution in [0.5, 0.6) is 5.75 Å². The molecule has 1 heterocycles. The van der Waals surface area contributed by atoms with Crippen molar-refractivity contribution in [2.45, 2.75) is 13.1 Å². The molecule has 174 valence electrons. The highest BCUT2D eigenvalue weighted by atomic mass is 35.5. The van der Waals surface area contributed by atoms with Gasteiger partial charge in [-0.2, -0.15) is 0 Å². The molecule has 3 rings (SSSR count). The number of benzene rings is 2. The summed E-state index contributed by atoms with van der Waals surface area (Å²) in [4.78, 5) is 41.6. The molecule has 33 heavy (non-hydrogen) atoms. The quantitative estimate of drug-likeness (QED) is 0.473. The molecule has 3 aromatic rings. The molecule has 1 aromatic heterocycles. The summed E-state index contributed by atoms with van der Waals surface area (Å²) in [7, 11) is 1.47. The number of nitrogens with one attached hydrogen (secondary N) is 1. The van der Waals surface area contributed by atoms with Crippen molar-refractivity contribution < 1.29 is 14.3 Å². The van der Waals surface area contributed by atoms with Gasteiger partial charge in [0.2, 0.25) is 0 Å². The molecule has 0 radical (unpaired) electrons. The zero-order valence-electron chi connectivity index (χ0n) is 17.7. The summed E-state index contributed by atoms with van der Waals surface area (Å²) in [5, 5.41) is 0.650. The van der Waals surface area contributed by atoms with E-state index in [1.54, 1.807) is 30.3 Å². The molecule has 0 bridgehead atoms. The van der Waals surface area contributed by atoms with Gasteiger partial charge in [-0.05, 0) is 23.8 Å². The fraction of sp³-hybridized carbons (Fsp3) is 0.227. The Bertz CT molecular complexity index is 1240. The van der Waals surface area contributed by atoms with E-state index in [0.29, 0.717) is 5.02 Å². The van der Waals surface area contributed by atoms with E-state index in [9.17, 15) is 14.4 Å². The highest BCUT2D eigenvalue weighted by Crippen LogP contribution is 2.28. The number of anilines is 2. The zero-order valence-corrected chi connectivity index (χ0v) is 19.2. The van der Waals surface area contributed by atoms with Crippen LogP contribution in [0.3, 0.4) is 0 Å². The number of H-pyrrole nitrogens is 1. The first-order chi connectivity index (χ1) is 15.8. The van der Waals surface area contributed by atoms with E-state index in [2.05, 4.69) is 4.98 Å². The summed E-state index contributed by atoms with van der Waals surface area (Å²) in [6.45, 7) is -0.146. The van der Waals surface area contributed by atoms with E-state index < -0.39 is 23.8 Å². The third-order valence-electron chi connectivity index (χ3n) is 4.73. The standard InChI is InChI=1S/C22H22Cl2N4O5/c1-32-10-9-27-20(25)19(21(30)26-22(27)31)28(12-14-5-3-2-4-6-14)18(29)13-33-17-8-7-15(23)11-16(17)24/h2-8,11H,9-10,12-13,25H2,1H3,(H,26,30,31). The maximum atomic E-state index is 13.2. The number of amides is 1. The molecule has 0 aliphatic heterocycles. The van der Waals surface area contributed by atoms with Gasteiger partial charge in [0.1, 0.15) is 11.6 Å². The Morgan fingerprint density at radius 1 is 1.15 bits per heavy atom. The molecule has 0 spiro atoms. The minimum Gasteiger partial charge on any atom is -0.482 e. The van der Waals surface area contributed by atoms with E-state index in [1.807, 2.05) is 6.07 Å². The van der Waals surface area contributed by atoms with Gasteiger partial charge in [0.25, 0.3) is 11.5 Å². The first-order valence-electron chi connectivity index (χ1n) is 9.85. The number of nitrogens with zero attached hydrogens (tertiary/aromatic N) is 2. The summed E-state index contributed by atoms with van der Waals surface area (Å²) in [6, 6.07) is 13.6. The predicted octanol–water partition coefficient (Wildman–Crippen LogP) is 2.68. The van der Waals surface area contributed by atoms with Crippen LogP contribution in [0.1, 0.15) is 5.56 Å². The highest BCUT2D eigenvalue weighted by molar-refractivity contribution is 6.35. The smallest absolute Gasteiger partial charge is 0.330 e. The zero-order chi connectivity index (χ0) is 24.0. The molecule has 0 saturated carbocycles. The molecule has 0 unspecified atom stereocenters. The second kappa shape index (κ2) is 11.0. The lowest BCUT2D eigenvalue weighted by Crippen LogP contribution is -2.42. The van der Waals surface area contributed by atoms with Crippen LogP contribution in [0.15, 0.2) is 58.1 Å².